The van der Waals surface area contributed by atoms with E-state index < -0.39 is 0 Å². The Kier molecular flexibility index (Phi) is 17.6. The van der Waals surface area contributed by atoms with Crippen LogP contribution in [0.5, 0.6) is 0 Å². The van der Waals surface area contributed by atoms with Crippen molar-refractivity contribution in [3.8, 4) is 0 Å². The normalized spacial score (nSPS) is 13.2. The van der Waals surface area contributed by atoms with Crippen molar-refractivity contribution < 1.29 is 9.53 Å². The molecule has 0 atom stereocenters. The predicted octanol–water partition coefficient (Wildman–Crippen LogP) is 4.88. The van der Waals surface area contributed by atoms with E-state index in [0.29, 0.717) is 41.8 Å². The molecular formula is C30H48N8O2S. The molecule has 1 aliphatic rings. The van der Waals surface area contributed by atoms with Crippen LogP contribution in [0, 0.1) is 0 Å². The van der Waals surface area contributed by atoms with E-state index in [2.05, 4.69) is 54.8 Å². The molecule has 1 amide bonds. The Bertz CT molecular complexity index is 1140. The van der Waals surface area contributed by atoms with Crippen molar-refractivity contribution in [2.75, 3.05) is 67.9 Å². The van der Waals surface area contributed by atoms with Gasteiger partial charge in [0.25, 0.3) is 5.91 Å². The number of morpholine rings is 1. The number of hydrogen-bond acceptors (Lipinski definition) is 10. The molecule has 0 aliphatic carbocycles. The summed E-state index contributed by atoms with van der Waals surface area (Å²) in [7, 11) is 1.93. The number of benzene rings is 1. The van der Waals surface area contributed by atoms with Gasteiger partial charge in [0.1, 0.15) is 11.4 Å². The SMILES string of the molecule is C=CCNC(=O)c1cnc(Nc2ccc(N3CCOCC3)c(CNC)c2)nc1NC(/C=C(\C)N)=C/C.CC.CSC. The maximum Gasteiger partial charge on any atom is 0.256 e. The van der Waals surface area contributed by atoms with E-state index in [0.717, 1.165) is 37.6 Å². The molecule has 6 N–H and O–H groups in total. The lowest BCUT2D eigenvalue weighted by atomic mass is 10.1. The largest absolute Gasteiger partial charge is 0.402 e. The molecule has 1 fully saturated rings. The summed E-state index contributed by atoms with van der Waals surface area (Å²) >= 11 is 1.75. The zero-order valence-corrected chi connectivity index (χ0v) is 26.5. The summed E-state index contributed by atoms with van der Waals surface area (Å²) in [6.45, 7) is 15.5. The maximum absolute atomic E-state index is 12.7. The lowest BCUT2D eigenvalue weighted by molar-refractivity contribution is 0.0958. The van der Waals surface area contributed by atoms with Gasteiger partial charge >= 0.3 is 0 Å². The molecule has 2 heterocycles. The second kappa shape index (κ2) is 20.4. The Morgan fingerprint density at radius 3 is 2.51 bits per heavy atom. The van der Waals surface area contributed by atoms with Gasteiger partial charge in [-0.05, 0) is 63.2 Å². The molecule has 41 heavy (non-hydrogen) atoms. The zero-order valence-electron chi connectivity index (χ0n) is 25.6. The third-order valence-corrected chi connectivity index (χ3v) is 5.45. The molecule has 0 radical (unpaired) electrons. The van der Waals surface area contributed by atoms with E-state index in [1.165, 1.54) is 11.9 Å². The summed E-state index contributed by atoms with van der Waals surface area (Å²) in [6.07, 6.45) is 10.8. The van der Waals surface area contributed by atoms with E-state index in [1.807, 2.05) is 52.5 Å². The van der Waals surface area contributed by atoms with Crippen molar-refractivity contribution in [2.24, 2.45) is 5.73 Å². The third kappa shape index (κ3) is 12.2. The molecule has 1 saturated heterocycles. The highest BCUT2D eigenvalue weighted by molar-refractivity contribution is 7.97. The Balaban J connectivity index is 0.00000157. The molecule has 10 nitrogen and oxygen atoms in total. The third-order valence-electron chi connectivity index (χ3n) is 5.45. The number of ether oxygens (including phenoxy) is 1. The van der Waals surface area contributed by atoms with Crippen molar-refractivity contribution in [3.05, 3.63) is 71.7 Å². The van der Waals surface area contributed by atoms with Gasteiger partial charge < -0.3 is 36.6 Å². The number of amides is 1. The van der Waals surface area contributed by atoms with Crippen LogP contribution in [-0.2, 0) is 11.3 Å². The highest BCUT2D eigenvalue weighted by Gasteiger charge is 2.17. The van der Waals surface area contributed by atoms with Crippen LogP contribution < -0.4 is 31.9 Å². The first-order valence-electron chi connectivity index (χ1n) is 13.8. The maximum atomic E-state index is 12.7. The number of allylic oxidation sites excluding steroid dienone is 3. The zero-order chi connectivity index (χ0) is 30.6. The van der Waals surface area contributed by atoms with Crippen LogP contribution in [0.25, 0.3) is 0 Å². The van der Waals surface area contributed by atoms with Crippen molar-refractivity contribution in [1.82, 2.24) is 20.6 Å². The van der Waals surface area contributed by atoms with Crippen molar-refractivity contribution in [2.45, 2.75) is 34.2 Å². The smallest absolute Gasteiger partial charge is 0.256 e. The molecule has 3 rings (SSSR count). The lowest BCUT2D eigenvalue weighted by Gasteiger charge is -2.31. The summed E-state index contributed by atoms with van der Waals surface area (Å²) < 4.78 is 5.50. The number of aromatic nitrogens is 2. The van der Waals surface area contributed by atoms with Crippen LogP contribution in [-0.4, -0.2) is 68.3 Å². The number of nitrogens with one attached hydrogen (secondary N) is 4. The Hall–Kier alpha value is -3.54. The minimum atomic E-state index is -0.306. The van der Waals surface area contributed by atoms with Gasteiger partial charge in [-0.15, -0.1) is 6.58 Å². The first kappa shape index (κ1) is 35.5. The molecule has 0 saturated carbocycles. The fourth-order valence-electron chi connectivity index (χ4n) is 3.77. The monoisotopic (exact) mass is 584 g/mol. The first-order chi connectivity index (χ1) is 19.9. The number of carbonyl (C=O) groups is 1. The topological polar surface area (TPSA) is 129 Å². The number of nitrogens with two attached hydrogens (primary N) is 1. The molecule has 0 bridgehead atoms. The number of hydrogen-bond donors (Lipinski definition) is 5. The summed E-state index contributed by atoms with van der Waals surface area (Å²) in [4.78, 5) is 24.0. The summed E-state index contributed by atoms with van der Waals surface area (Å²) in [6, 6.07) is 6.19. The van der Waals surface area contributed by atoms with Crippen molar-refractivity contribution in [3.63, 3.8) is 0 Å². The predicted molar refractivity (Wildman–Crippen MR) is 176 cm³/mol. The molecule has 0 spiro atoms. The first-order valence-corrected chi connectivity index (χ1v) is 15.4. The van der Waals surface area contributed by atoms with Crippen molar-refractivity contribution >= 4 is 40.8 Å². The second-order valence-electron chi connectivity index (χ2n) is 8.72. The summed E-state index contributed by atoms with van der Waals surface area (Å²) in [5.74, 6) is 0.412. The van der Waals surface area contributed by atoms with Gasteiger partial charge in [0, 0.05) is 55.1 Å². The highest BCUT2D eigenvalue weighted by atomic mass is 32.2. The quantitative estimate of drug-likeness (QED) is 0.184. The fourth-order valence-corrected chi connectivity index (χ4v) is 3.77. The van der Waals surface area contributed by atoms with Gasteiger partial charge in [-0.1, -0.05) is 26.0 Å². The van der Waals surface area contributed by atoms with Crippen LogP contribution in [0.15, 0.2) is 60.6 Å². The molecule has 226 valence electrons. The average molecular weight is 585 g/mol. The molecule has 1 aromatic carbocycles. The average Bonchev–Trinajstić information content (AvgIpc) is 2.98. The standard InChI is InChI=1S/C26H36N8O2.C2H6S.C2H6/c1-5-9-29-25(35)22-17-30-26(33-24(22)31-20(6-2)14-18(3)27)32-21-7-8-23(19(15-21)16-28-4)34-10-12-36-13-11-34;1-3-2;1-2/h5-8,14-15,17,28H,1,9-13,16,27H2,2-4H3,(H,29,35)(H2,30,31,32,33);1-2H3;1-2H3/b18-14+,20-6+;;. The number of anilines is 4. The van der Waals surface area contributed by atoms with Crippen LogP contribution in [0.2, 0.25) is 0 Å². The van der Waals surface area contributed by atoms with E-state index in [-0.39, 0.29) is 5.91 Å². The number of thioether (sulfide) groups is 1. The van der Waals surface area contributed by atoms with Gasteiger partial charge in [-0.25, -0.2) is 4.98 Å². The van der Waals surface area contributed by atoms with Gasteiger partial charge in [0.05, 0.1) is 13.2 Å². The van der Waals surface area contributed by atoms with E-state index in [4.69, 9.17) is 10.5 Å². The number of carbonyl (C=O) groups excluding carboxylic acids is 1. The van der Waals surface area contributed by atoms with E-state index in [1.54, 1.807) is 30.8 Å². The number of nitrogens with zero attached hydrogens (tertiary/aromatic N) is 3. The fraction of sp³-hybridized carbons (Fsp3) is 0.433. The second-order valence-corrected chi connectivity index (χ2v) is 9.53. The van der Waals surface area contributed by atoms with Crippen LogP contribution in [0.1, 0.15) is 43.6 Å². The Morgan fingerprint density at radius 2 is 1.93 bits per heavy atom. The molecule has 1 aliphatic heterocycles. The Morgan fingerprint density at radius 1 is 1.24 bits per heavy atom. The molecular weight excluding hydrogens is 536 g/mol. The van der Waals surface area contributed by atoms with E-state index >= 15 is 0 Å². The molecule has 0 unspecified atom stereocenters. The summed E-state index contributed by atoms with van der Waals surface area (Å²) in [5.41, 5.74) is 10.7. The number of rotatable bonds is 11. The van der Waals surface area contributed by atoms with Crippen molar-refractivity contribution in [1.29, 1.82) is 0 Å². The van der Waals surface area contributed by atoms with Crippen LogP contribution >= 0.6 is 11.8 Å². The van der Waals surface area contributed by atoms with Crippen LogP contribution in [0.4, 0.5) is 23.1 Å². The van der Waals surface area contributed by atoms with Gasteiger partial charge in [0.2, 0.25) is 5.95 Å². The Labute approximate surface area is 250 Å². The van der Waals surface area contributed by atoms with Gasteiger partial charge in [0.15, 0.2) is 0 Å². The molecule has 1 aromatic heterocycles. The van der Waals surface area contributed by atoms with Crippen LogP contribution in [0.3, 0.4) is 0 Å². The van der Waals surface area contributed by atoms with E-state index in [9.17, 15) is 4.79 Å². The minimum absolute atomic E-state index is 0.306. The summed E-state index contributed by atoms with van der Waals surface area (Å²) in [5, 5.41) is 12.5. The molecule has 2 aromatic rings. The highest BCUT2D eigenvalue weighted by Crippen LogP contribution is 2.27. The minimum Gasteiger partial charge on any atom is -0.402 e. The van der Waals surface area contributed by atoms with Gasteiger partial charge in [-0.2, -0.15) is 16.7 Å². The molecule has 11 heteroatoms. The van der Waals surface area contributed by atoms with Gasteiger partial charge in [-0.3, -0.25) is 4.79 Å². The lowest BCUT2D eigenvalue weighted by Crippen LogP contribution is -2.37.